The summed E-state index contributed by atoms with van der Waals surface area (Å²) in [6.07, 6.45) is 0. The third kappa shape index (κ3) is 5.97. The van der Waals surface area contributed by atoms with E-state index in [9.17, 15) is 18.0 Å². The van der Waals surface area contributed by atoms with E-state index in [1.165, 1.54) is 26.2 Å². The van der Waals surface area contributed by atoms with E-state index in [0.717, 1.165) is 15.4 Å². The summed E-state index contributed by atoms with van der Waals surface area (Å²) in [6, 6.07) is 20.0. The molecular formula is C24H25N3O5S. The molecule has 0 aliphatic heterocycles. The van der Waals surface area contributed by atoms with Gasteiger partial charge in [0, 0.05) is 26.2 Å². The van der Waals surface area contributed by atoms with Crippen LogP contribution in [0.1, 0.15) is 31.8 Å². The smallest absolute Gasteiger partial charge is 0.252 e. The number of carbonyl (C=O) groups excluding carboxylic acids is 2. The third-order valence-corrected chi connectivity index (χ3v) is 6.72. The van der Waals surface area contributed by atoms with Gasteiger partial charge in [0.1, 0.15) is 12.4 Å². The minimum absolute atomic E-state index is 0.160. The van der Waals surface area contributed by atoms with Crippen LogP contribution in [0.4, 0.5) is 0 Å². The molecule has 0 unspecified atom stereocenters. The number of carbonyl (C=O) groups is 2. The summed E-state index contributed by atoms with van der Waals surface area (Å²) in [7, 11) is -0.555. The Hall–Kier alpha value is -3.69. The fourth-order valence-electron chi connectivity index (χ4n) is 3.03. The fraction of sp³-hybridized carbons (Fsp3) is 0.167. The van der Waals surface area contributed by atoms with Gasteiger partial charge in [0.15, 0.2) is 0 Å². The molecule has 9 heteroatoms. The van der Waals surface area contributed by atoms with Gasteiger partial charge in [-0.2, -0.15) is 0 Å². The molecular weight excluding hydrogens is 442 g/mol. The molecule has 2 amide bonds. The summed E-state index contributed by atoms with van der Waals surface area (Å²) in [4.78, 5) is 24.3. The van der Waals surface area contributed by atoms with Crippen LogP contribution in [0, 0.1) is 0 Å². The van der Waals surface area contributed by atoms with Crippen molar-refractivity contribution in [2.45, 2.75) is 18.0 Å². The molecule has 0 aliphatic rings. The van der Waals surface area contributed by atoms with Crippen molar-refractivity contribution in [3.63, 3.8) is 0 Å². The maximum Gasteiger partial charge on any atom is 0.252 e. The van der Waals surface area contributed by atoms with Crippen molar-refractivity contribution < 1.29 is 22.7 Å². The molecule has 8 nitrogen and oxygen atoms in total. The lowest BCUT2D eigenvalue weighted by Gasteiger charge is -2.12. The molecule has 0 fully saturated rings. The average molecular weight is 468 g/mol. The topological polar surface area (TPSA) is 119 Å². The first-order valence-corrected chi connectivity index (χ1v) is 11.5. The molecule has 3 N–H and O–H groups in total. The van der Waals surface area contributed by atoms with Crippen molar-refractivity contribution in [2.24, 2.45) is 5.73 Å². The molecule has 0 saturated carbocycles. The molecule has 3 aromatic carbocycles. The van der Waals surface area contributed by atoms with Crippen molar-refractivity contribution in [1.82, 2.24) is 9.62 Å². The lowest BCUT2D eigenvalue weighted by molar-refractivity contribution is 0.0949. The number of hydrogen-bond donors (Lipinski definition) is 2. The van der Waals surface area contributed by atoms with Gasteiger partial charge in [-0.3, -0.25) is 9.59 Å². The highest BCUT2D eigenvalue weighted by atomic mass is 32.2. The Bertz CT molecular complexity index is 1260. The molecule has 172 valence electrons. The monoisotopic (exact) mass is 467 g/mol. The standard InChI is InChI=1S/C24H25N3O5S/c1-27(2)33(30,31)20-12-10-17(11-13-20)15-26-24(29)19-7-5-6-18(14-19)16-32-22-9-4-3-8-21(22)23(25)28/h3-14H,15-16H2,1-2H3,(H2,25,28)(H,26,29). The van der Waals surface area contributed by atoms with Crippen molar-refractivity contribution in [1.29, 1.82) is 0 Å². The van der Waals surface area contributed by atoms with Gasteiger partial charge in [-0.15, -0.1) is 0 Å². The summed E-state index contributed by atoms with van der Waals surface area (Å²) >= 11 is 0. The largest absolute Gasteiger partial charge is 0.488 e. The van der Waals surface area contributed by atoms with Crippen LogP contribution in [-0.4, -0.2) is 38.6 Å². The summed E-state index contributed by atoms with van der Waals surface area (Å²) in [5.41, 5.74) is 7.62. The molecule has 0 atom stereocenters. The van der Waals surface area contributed by atoms with Crippen molar-refractivity contribution in [3.8, 4) is 5.75 Å². The lowest BCUT2D eigenvalue weighted by Crippen LogP contribution is -2.23. The van der Waals surface area contributed by atoms with Crippen LogP contribution in [0.3, 0.4) is 0 Å². The second-order valence-corrected chi connectivity index (χ2v) is 9.62. The first-order chi connectivity index (χ1) is 15.7. The van der Waals surface area contributed by atoms with Crippen LogP contribution in [0.25, 0.3) is 0 Å². The first kappa shape index (κ1) is 24.0. The minimum atomic E-state index is -3.50. The summed E-state index contributed by atoms with van der Waals surface area (Å²) in [5, 5.41) is 2.82. The number of hydrogen-bond acceptors (Lipinski definition) is 5. The van der Waals surface area contributed by atoms with Gasteiger partial charge >= 0.3 is 0 Å². The summed E-state index contributed by atoms with van der Waals surface area (Å²) in [5.74, 6) is -0.481. The second kappa shape index (κ2) is 10.3. The molecule has 3 rings (SSSR count). The zero-order chi connectivity index (χ0) is 24.0. The number of nitrogens with two attached hydrogens (primary N) is 1. The molecule has 0 aromatic heterocycles. The number of amides is 2. The van der Waals surface area contributed by atoms with Crippen LogP contribution >= 0.6 is 0 Å². The maximum atomic E-state index is 12.6. The van der Waals surface area contributed by atoms with E-state index in [-0.39, 0.29) is 29.5 Å². The van der Waals surface area contributed by atoms with Gasteiger partial charge in [-0.05, 0) is 47.5 Å². The van der Waals surface area contributed by atoms with Crippen LogP contribution in [0.5, 0.6) is 5.75 Å². The van der Waals surface area contributed by atoms with Crippen LogP contribution in [-0.2, 0) is 23.2 Å². The van der Waals surface area contributed by atoms with Gasteiger partial charge < -0.3 is 15.8 Å². The average Bonchev–Trinajstić information content (AvgIpc) is 2.81. The molecule has 3 aromatic rings. The van der Waals surface area contributed by atoms with E-state index in [1.807, 2.05) is 6.07 Å². The van der Waals surface area contributed by atoms with E-state index in [4.69, 9.17) is 10.5 Å². The molecule has 0 saturated heterocycles. The Morgan fingerprint density at radius 1 is 0.939 bits per heavy atom. The normalized spacial score (nSPS) is 11.2. The van der Waals surface area contributed by atoms with Gasteiger partial charge in [0.05, 0.1) is 10.5 Å². The highest BCUT2D eigenvalue weighted by Gasteiger charge is 2.16. The van der Waals surface area contributed by atoms with E-state index in [0.29, 0.717) is 11.3 Å². The quantitative estimate of drug-likeness (QED) is 0.501. The number of nitrogens with one attached hydrogen (secondary N) is 1. The Balaban J connectivity index is 1.61. The maximum absolute atomic E-state index is 12.6. The third-order valence-electron chi connectivity index (χ3n) is 4.89. The molecule has 33 heavy (non-hydrogen) atoms. The number of ether oxygens (including phenoxy) is 1. The SMILES string of the molecule is CN(C)S(=O)(=O)c1ccc(CNC(=O)c2cccc(COc3ccccc3C(N)=O)c2)cc1. The van der Waals surface area contributed by atoms with E-state index >= 15 is 0 Å². The fourth-order valence-corrected chi connectivity index (χ4v) is 3.94. The summed E-state index contributed by atoms with van der Waals surface area (Å²) < 4.78 is 31.2. The number of rotatable bonds is 9. The molecule has 0 bridgehead atoms. The predicted octanol–water partition coefficient (Wildman–Crippen LogP) is 2.54. The van der Waals surface area contributed by atoms with Gasteiger partial charge in [-0.25, -0.2) is 12.7 Å². The van der Waals surface area contributed by atoms with E-state index in [2.05, 4.69) is 5.32 Å². The molecule has 0 radical (unpaired) electrons. The highest BCUT2D eigenvalue weighted by molar-refractivity contribution is 7.89. The van der Waals surface area contributed by atoms with Crippen molar-refractivity contribution >= 4 is 21.8 Å². The van der Waals surface area contributed by atoms with E-state index < -0.39 is 15.9 Å². The van der Waals surface area contributed by atoms with E-state index in [1.54, 1.807) is 54.6 Å². The minimum Gasteiger partial charge on any atom is -0.488 e. The molecule has 0 aliphatic carbocycles. The zero-order valence-corrected chi connectivity index (χ0v) is 19.1. The number of primary amides is 1. The van der Waals surface area contributed by atoms with Crippen LogP contribution < -0.4 is 15.8 Å². The number of nitrogens with zero attached hydrogens (tertiary/aromatic N) is 1. The first-order valence-electron chi connectivity index (χ1n) is 10.1. The predicted molar refractivity (Wildman–Crippen MR) is 124 cm³/mol. The van der Waals surface area contributed by atoms with Gasteiger partial charge in [-0.1, -0.05) is 36.4 Å². The van der Waals surface area contributed by atoms with Gasteiger partial charge in [0.25, 0.3) is 11.8 Å². The Kier molecular flexibility index (Phi) is 7.47. The zero-order valence-electron chi connectivity index (χ0n) is 18.3. The lowest BCUT2D eigenvalue weighted by atomic mass is 10.1. The van der Waals surface area contributed by atoms with Gasteiger partial charge in [0.2, 0.25) is 10.0 Å². The molecule has 0 spiro atoms. The number of para-hydroxylation sites is 1. The molecule has 0 heterocycles. The second-order valence-electron chi connectivity index (χ2n) is 7.46. The van der Waals surface area contributed by atoms with Crippen molar-refractivity contribution in [2.75, 3.05) is 14.1 Å². The number of sulfonamides is 1. The number of benzene rings is 3. The van der Waals surface area contributed by atoms with Crippen LogP contribution in [0.2, 0.25) is 0 Å². The Morgan fingerprint density at radius 3 is 2.30 bits per heavy atom. The Morgan fingerprint density at radius 2 is 1.64 bits per heavy atom. The highest BCUT2D eigenvalue weighted by Crippen LogP contribution is 2.19. The van der Waals surface area contributed by atoms with Crippen LogP contribution in [0.15, 0.2) is 77.7 Å². The van der Waals surface area contributed by atoms with Crippen molar-refractivity contribution in [3.05, 3.63) is 95.1 Å². The Labute approximate surface area is 193 Å². The summed E-state index contributed by atoms with van der Waals surface area (Å²) in [6.45, 7) is 0.404.